The molecule has 0 unspecified atom stereocenters. The van der Waals surface area contributed by atoms with Crippen LogP contribution in [0.25, 0.3) is 110 Å². The van der Waals surface area contributed by atoms with Gasteiger partial charge >= 0.3 is 0 Å². The Balaban J connectivity index is 1.00. The smallest absolute Gasteiger partial charge is 0.160 e. The zero-order valence-electron chi connectivity index (χ0n) is 31.5. The lowest BCUT2D eigenvalue weighted by Gasteiger charge is -2.14. The second-order valence-corrected chi connectivity index (χ2v) is 14.8. The van der Waals surface area contributed by atoms with Gasteiger partial charge in [0.2, 0.25) is 0 Å². The molecule has 0 aliphatic heterocycles. The van der Waals surface area contributed by atoms with E-state index in [-0.39, 0.29) is 0 Å². The summed E-state index contributed by atoms with van der Waals surface area (Å²) in [4.78, 5) is 15.1. The van der Waals surface area contributed by atoms with Crippen molar-refractivity contribution in [2.45, 2.75) is 0 Å². The van der Waals surface area contributed by atoms with E-state index in [1.807, 2.05) is 12.4 Å². The Hall–Kier alpha value is -7.75. The molecule has 2 aromatic heterocycles. The summed E-state index contributed by atoms with van der Waals surface area (Å²) in [6.45, 7) is 0. The maximum Gasteiger partial charge on any atom is 0.160 e. The molecule has 0 N–H and O–H groups in total. The number of benzene rings is 9. The number of pyridine rings is 1. The van der Waals surface area contributed by atoms with Crippen LogP contribution in [-0.4, -0.2) is 15.0 Å². The minimum atomic E-state index is 0.690. The highest BCUT2D eigenvalue weighted by atomic mass is 14.9. The van der Waals surface area contributed by atoms with Gasteiger partial charge in [0.25, 0.3) is 0 Å². The van der Waals surface area contributed by atoms with Gasteiger partial charge in [0, 0.05) is 40.0 Å². The van der Waals surface area contributed by atoms with Crippen molar-refractivity contribution in [3.05, 3.63) is 213 Å². The Morgan fingerprint density at radius 2 is 0.810 bits per heavy atom. The fourth-order valence-corrected chi connectivity index (χ4v) is 8.45. The normalized spacial score (nSPS) is 11.4. The van der Waals surface area contributed by atoms with Crippen LogP contribution in [0.1, 0.15) is 0 Å². The van der Waals surface area contributed by atoms with Gasteiger partial charge < -0.3 is 0 Å². The lowest BCUT2D eigenvalue weighted by Crippen LogP contribution is -1.97. The van der Waals surface area contributed by atoms with Crippen LogP contribution < -0.4 is 0 Å². The van der Waals surface area contributed by atoms with Crippen LogP contribution in [0.4, 0.5) is 0 Å². The molecule has 3 heteroatoms. The molecular weight excluding hydrogens is 703 g/mol. The molecule has 0 radical (unpaired) electrons. The van der Waals surface area contributed by atoms with Crippen molar-refractivity contribution < 1.29 is 0 Å². The van der Waals surface area contributed by atoms with Crippen molar-refractivity contribution in [2.75, 3.05) is 0 Å². The van der Waals surface area contributed by atoms with E-state index in [9.17, 15) is 0 Å². The van der Waals surface area contributed by atoms with Crippen molar-refractivity contribution in [2.24, 2.45) is 0 Å². The number of nitrogens with zero attached hydrogens (tertiary/aromatic N) is 3. The van der Waals surface area contributed by atoms with Gasteiger partial charge in [0.1, 0.15) is 0 Å². The van der Waals surface area contributed by atoms with E-state index in [1.54, 1.807) is 0 Å². The molecular formula is C55H35N3. The van der Waals surface area contributed by atoms with Crippen molar-refractivity contribution in [1.29, 1.82) is 0 Å². The lowest BCUT2D eigenvalue weighted by atomic mass is 9.92. The monoisotopic (exact) mass is 737 g/mol. The van der Waals surface area contributed by atoms with Gasteiger partial charge in [0.15, 0.2) is 5.82 Å². The van der Waals surface area contributed by atoms with E-state index in [2.05, 4.69) is 205 Å². The molecule has 0 amide bonds. The third-order valence-electron chi connectivity index (χ3n) is 11.4. The highest BCUT2D eigenvalue weighted by Crippen LogP contribution is 2.38. The summed E-state index contributed by atoms with van der Waals surface area (Å²) in [5.74, 6) is 0.690. The van der Waals surface area contributed by atoms with E-state index in [0.717, 1.165) is 66.7 Å². The Bertz CT molecular complexity index is 3320. The van der Waals surface area contributed by atoms with Gasteiger partial charge in [-0.2, -0.15) is 0 Å². The molecule has 58 heavy (non-hydrogen) atoms. The van der Waals surface area contributed by atoms with Crippen LogP contribution in [0.5, 0.6) is 0 Å². The first-order chi connectivity index (χ1) is 28.7. The molecule has 0 bridgehead atoms. The summed E-state index contributed by atoms with van der Waals surface area (Å²) in [7, 11) is 0. The number of aromatic nitrogens is 3. The highest BCUT2D eigenvalue weighted by molar-refractivity contribution is 6.14. The molecule has 11 rings (SSSR count). The van der Waals surface area contributed by atoms with Crippen LogP contribution in [0, 0.1) is 0 Å². The zero-order valence-corrected chi connectivity index (χ0v) is 31.5. The van der Waals surface area contributed by atoms with E-state index in [1.165, 1.54) is 37.9 Å². The summed E-state index contributed by atoms with van der Waals surface area (Å²) in [5, 5.41) is 9.64. The third kappa shape index (κ3) is 5.98. The maximum absolute atomic E-state index is 5.30. The fraction of sp³-hybridized carbons (Fsp3) is 0. The quantitative estimate of drug-likeness (QED) is 0.160. The lowest BCUT2D eigenvalue weighted by molar-refractivity contribution is 1.19. The SMILES string of the molecule is c1cc(-c2nc(-c3ccc(-c4ccc(-c5cncc6ccccc56)cc4)cc3)cc(-c3cccc4ccccc34)n2)cc(-c2cc3ccccc3c3ccccc23)c1. The summed E-state index contributed by atoms with van der Waals surface area (Å²) < 4.78 is 0. The number of hydrogen-bond donors (Lipinski definition) is 0. The molecule has 3 nitrogen and oxygen atoms in total. The molecule has 0 spiro atoms. The van der Waals surface area contributed by atoms with Gasteiger partial charge in [-0.25, -0.2) is 9.97 Å². The van der Waals surface area contributed by atoms with Crippen molar-refractivity contribution >= 4 is 43.1 Å². The molecule has 2 heterocycles. The first kappa shape index (κ1) is 33.6. The van der Waals surface area contributed by atoms with Crippen molar-refractivity contribution in [1.82, 2.24) is 15.0 Å². The minimum Gasteiger partial charge on any atom is -0.263 e. The van der Waals surface area contributed by atoms with Gasteiger partial charge in [-0.3, -0.25) is 4.98 Å². The van der Waals surface area contributed by atoms with Crippen LogP contribution >= 0.6 is 0 Å². The molecule has 0 saturated carbocycles. The molecule has 0 aliphatic carbocycles. The van der Waals surface area contributed by atoms with Gasteiger partial charge in [-0.05, 0) is 83.7 Å². The van der Waals surface area contributed by atoms with Crippen LogP contribution in [0.3, 0.4) is 0 Å². The zero-order chi connectivity index (χ0) is 38.4. The maximum atomic E-state index is 5.30. The second kappa shape index (κ2) is 14.1. The molecule has 270 valence electrons. The topological polar surface area (TPSA) is 38.7 Å². The van der Waals surface area contributed by atoms with Crippen LogP contribution in [0.2, 0.25) is 0 Å². The first-order valence-electron chi connectivity index (χ1n) is 19.7. The van der Waals surface area contributed by atoms with Crippen molar-refractivity contribution in [3.8, 4) is 67.3 Å². The third-order valence-corrected chi connectivity index (χ3v) is 11.4. The van der Waals surface area contributed by atoms with E-state index in [0.29, 0.717) is 5.82 Å². The Morgan fingerprint density at radius 1 is 0.259 bits per heavy atom. The number of fused-ring (bicyclic) bond motifs is 5. The molecule has 0 fully saturated rings. The van der Waals surface area contributed by atoms with Gasteiger partial charge in [-0.1, -0.05) is 182 Å². The highest BCUT2D eigenvalue weighted by Gasteiger charge is 2.15. The molecule has 0 saturated heterocycles. The number of hydrogen-bond acceptors (Lipinski definition) is 3. The predicted octanol–water partition coefficient (Wildman–Crippen LogP) is 14.5. The molecule has 0 aliphatic rings. The second-order valence-electron chi connectivity index (χ2n) is 14.8. The average molecular weight is 738 g/mol. The van der Waals surface area contributed by atoms with Gasteiger partial charge in [0.05, 0.1) is 11.4 Å². The molecule has 0 atom stereocenters. The summed E-state index contributed by atoms with van der Waals surface area (Å²) >= 11 is 0. The van der Waals surface area contributed by atoms with E-state index >= 15 is 0 Å². The van der Waals surface area contributed by atoms with E-state index in [4.69, 9.17) is 9.97 Å². The van der Waals surface area contributed by atoms with Gasteiger partial charge in [-0.15, -0.1) is 0 Å². The average Bonchev–Trinajstić information content (AvgIpc) is 3.31. The summed E-state index contributed by atoms with van der Waals surface area (Å²) in [6.07, 6.45) is 3.88. The molecule has 11 aromatic rings. The molecule has 9 aromatic carbocycles. The largest absolute Gasteiger partial charge is 0.263 e. The van der Waals surface area contributed by atoms with Crippen LogP contribution in [-0.2, 0) is 0 Å². The fourth-order valence-electron chi connectivity index (χ4n) is 8.45. The summed E-state index contributed by atoms with van der Waals surface area (Å²) in [6, 6.07) is 71.3. The Labute approximate surface area is 336 Å². The Morgan fingerprint density at radius 3 is 1.59 bits per heavy atom. The first-order valence-corrected chi connectivity index (χ1v) is 19.7. The van der Waals surface area contributed by atoms with Crippen molar-refractivity contribution in [3.63, 3.8) is 0 Å². The Kier molecular flexibility index (Phi) is 8.15. The predicted molar refractivity (Wildman–Crippen MR) is 242 cm³/mol. The number of rotatable bonds is 6. The van der Waals surface area contributed by atoms with E-state index < -0.39 is 0 Å². The minimum absolute atomic E-state index is 0.690. The van der Waals surface area contributed by atoms with Crippen LogP contribution in [0.15, 0.2) is 213 Å². The standard InChI is InChI=1S/C55H35N3/c1-4-17-45-38(11-1)14-10-22-50(45)54-33-53(40-29-25-37(26-30-40)36-23-27-39(28-24-36)52-35-56-34-44-13-3-6-19-47(44)52)57-55(58-54)43-16-9-15-41(31-43)51-32-42-12-2-5-18-46(42)48-20-7-8-21-49(48)51/h1-35H. The summed E-state index contributed by atoms with van der Waals surface area (Å²) in [5.41, 5.74) is 11.8.